The van der Waals surface area contributed by atoms with Crippen molar-refractivity contribution < 1.29 is 27.4 Å². The molecule has 10 heteroatoms. The van der Waals surface area contributed by atoms with E-state index >= 15 is 0 Å². The smallest absolute Gasteiger partial charge is 0.417 e. The summed E-state index contributed by atoms with van der Waals surface area (Å²) in [7, 11) is 2.95. The fraction of sp³-hybridized carbons (Fsp3) is 0.158. The van der Waals surface area contributed by atoms with Crippen LogP contribution >= 0.6 is 35.6 Å². The monoisotopic (exact) mass is 459 g/mol. The predicted molar refractivity (Wildman–Crippen MR) is 112 cm³/mol. The molecular weight excluding hydrogens is 447 g/mol. The fourth-order valence-electron chi connectivity index (χ4n) is 2.73. The van der Waals surface area contributed by atoms with E-state index in [1.807, 2.05) is 0 Å². The molecule has 3 rings (SSSR count). The molecule has 1 amide bonds. The molecule has 152 valence electrons. The zero-order chi connectivity index (χ0) is 21.3. The summed E-state index contributed by atoms with van der Waals surface area (Å²) in [6.45, 7) is 0. The molecule has 0 unspecified atom stereocenters. The summed E-state index contributed by atoms with van der Waals surface area (Å²) in [4.78, 5) is 14.2. The predicted octanol–water partition coefficient (Wildman–Crippen LogP) is 5.78. The van der Waals surface area contributed by atoms with Gasteiger partial charge in [-0.2, -0.15) is 13.2 Å². The topological polar surface area (TPSA) is 38.8 Å². The molecule has 0 saturated carbocycles. The average Bonchev–Trinajstić information content (AvgIpc) is 2.94. The first-order valence-corrected chi connectivity index (χ1v) is 9.63. The van der Waals surface area contributed by atoms with Crippen LogP contribution in [0.4, 0.5) is 18.9 Å². The molecule has 2 aromatic carbocycles. The van der Waals surface area contributed by atoms with Crippen LogP contribution in [0.5, 0.6) is 11.5 Å². The van der Waals surface area contributed by atoms with Gasteiger partial charge in [0, 0.05) is 5.56 Å². The first-order valence-electron chi connectivity index (χ1n) is 8.03. The van der Waals surface area contributed by atoms with Gasteiger partial charge in [-0.25, -0.2) is 0 Å². The summed E-state index contributed by atoms with van der Waals surface area (Å²) in [5.41, 5.74) is -0.478. The van der Waals surface area contributed by atoms with Crippen molar-refractivity contribution in [2.24, 2.45) is 0 Å². The van der Waals surface area contributed by atoms with E-state index in [0.29, 0.717) is 17.1 Å². The highest BCUT2D eigenvalue weighted by atomic mass is 35.5. The Morgan fingerprint density at radius 3 is 2.52 bits per heavy atom. The van der Waals surface area contributed by atoms with Crippen molar-refractivity contribution in [3.63, 3.8) is 0 Å². The number of para-hydroxylation sites is 1. The van der Waals surface area contributed by atoms with Crippen LogP contribution < -0.4 is 14.4 Å². The number of nitrogens with zero attached hydrogens (tertiary/aromatic N) is 1. The number of methoxy groups -OCH3 is 2. The summed E-state index contributed by atoms with van der Waals surface area (Å²) in [5, 5.41) is -0.455. The van der Waals surface area contributed by atoms with E-state index in [2.05, 4.69) is 0 Å². The maximum Gasteiger partial charge on any atom is 0.417 e. The summed E-state index contributed by atoms with van der Waals surface area (Å²) in [6.07, 6.45) is -3.10. The number of anilines is 1. The molecule has 0 aromatic heterocycles. The van der Waals surface area contributed by atoms with Gasteiger partial charge in [0.1, 0.15) is 0 Å². The first-order chi connectivity index (χ1) is 13.7. The second-order valence-electron chi connectivity index (χ2n) is 5.76. The van der Waals surface area contributed by atoms with Crippen molar-refractivity contribution >= 4 is 57.6 Å². The normalized spacial score (nSPS) is 15.9. The third-order valence-electron chi connectivity index (χ3n) is 4.03. The highest BCUT2D eigenvalue weighted by Crippen LogP contribution is 2.42. The van der Waals surface area contributed by atoms with E-state index in [1.165, 1.54) is 20.3 Å². The van der Waals surface area contributed by atoms with Crippen LogP contribution in [0.3, 0.4) is 0 Å². The van der Waals surface area contributed by atoms with Crippen molar-refractivity contribution in [1.29, 1.82) is 0 Å². The molecule has 4 nitrogen and oxygen atoms in total. The van der Waals surface area contributed by atoms with E-state index < -0.39 is 22.7 Å². The Bertz CT molecular complexity index is 1020. The van der Waals surface area contributed by atoms with Crippen molar-refractivity contribution in [3.05, 3.63) is 57.5 Å². The van der Waals surface area contributed by atoms with E-state index in [0.717, 1.165) is 28.8 Å². The van der Waals surface area contributed by atoms with Gasteiger partial charge in [-0.15, -0.1) is 0 Å². The highest BCUT2D eigenvalue weighted by molar-refractivity contribution is 8.27. The number of carbonyl (C=O) groups excluding carboxylic acids is 1. The second-order valence-corrected chi connectivity index (χ2v) is 7.84. The quantitative estimate of drug-likeness (QED) is 0.428. The first kappa shape index (κ1) is 21.5. The Hall–Kier alpha value is -2.23. The number of alkyl halides is 3. The largest absolute Gasteiger partial charge is 0.493 e. The van der Waals surface area contributed by atoms with Crippen molar-refractivity contribution in [3.8, 4) is 11.5 Å². The lowest BCUT2D eigenvalue weighted by molar-refractivity contribution is -0.137. The molecule has 0 atom stereocenters. The molecule has 0 bridgehead atoms. The molecular formula is C19H13ClF3NO3S2. The maximum absolute atomic E-state index is 13.2. The number of halogens is 4. The number of thiocarbonyl (C=S) groups is 1. The third kappa shape index (κ3) is 4.22. The second kappa shape index (κ2) is 8.25. The summed E-state index contributed by atoms with van der Waals surface area (Å²) < 4.78 is 50.2. The Morgan fingerprint density at radius 1 is 1.17 bits per heavy atom. The Morgan fingerprint density at radius 2 is 1.90 bits per heavy atom. The zero-order valence-corrected chi connectivity index (χ0v) is 17.4. The molecule has 1 aliphatic heterocycles. The number of ether oxygens (including phenoxy) is 2. The van der Waals surface area contributed by atoms with Crippen LogP contribution in [0.25, 0.3) is 6.08 Å². The van der Waals surface area contributed by atoms with Gasteiger partial charge in [0.15, 0.2) is 15.8 Å². The van der Waals surface area contributed by atoms with Gasteiger partial charge < -0.3 is 9.47 Å². The van der Waals surface area contributed by atoms with Gasteiger partial charge >= 0.3 is 6.18 Å². The number of hydrogen-bond acceptors (Lipinski definition) is 5. The van der Waals surface area contributed by atoms with E-state index in [4.69, 9.17) is 33.3 Å². The van der Waals surface area contributed by atoms with Crippen molar-refractivity contribution in [2.75, 3.05) is 19.1 Å². The Kier molecular flexibility index (Phi) is 6.11. The van der Waals surface area contributed by atoms with Crippen molar-refractivity contribution in [2.45, 2.75) is 6.18 Å². The number of thioether (sulfide) groups is 1. The molecule has 1 saturated heterocycles. The van der Waals surface area contributed by atoms with E-state index in [-0.39, 0.29) is 14.9 Å². The summed E-state index contributed by atoms with van der Waals surface area (Å²) in [6, 6.07) is 8.36. The summed E-state index contributed by atoms with van der Waals surface area (Å²) in [5.74, 6) is 0.357. The average molecular weight is 460 g/mol. The number of carbonyl (C=O) groups is 1. The molecule has 0 aliphatic carbocycles. The number of amides is 1. The van der Waals surface area contributed by atoms with Gasteiger partial charge in [0.25, 0.3) is 5.91 Å². The lowest BCUT2D eigenvalue weighted by atomic mass is 10.1. The molecule has 1 fully saturated rings. The molecule has 29 heavy (non-hydrogen) atoms. The van der Waals surface area contributed by atoms with Gasteiger partial charge in [-0.1, -0.05) is 47.7 Å². The maximum atomic E-state index is 13.2. The minimum absolute atomic E-state index is 0.00904. The standard InChI is InChI=1S/C19H13ClF3NO3S2/c1-26-14-5-3-4-10(16(14)27-2)8-15-17(25)24(18(28)29-15)11-6-7-13(20)12(9-11)19(21,22)23/h3-9H,1-2H3. The number of rotatable bonds is 4. The fourth-order valence-corrected chi connectivity index (χ4v) is 4.24. The van der Waals surface area contributed by atoms with Gasteiger partial charge in [-0.3, -0.25) is 9.69 Å². The Labute approximate surface area is 179 Å². The van der Waals surface area contributed by atoms with Gasteiger partial charge in [0.2, 0.25) is 0 Å². The van der Waals surface area contributed by atoms with E-state index in [1.54, 1.807) is 24.3 Å². The van der Waals surface area contributed by atoms with Crippen LogP contribution in [0.2, 0.25) is 5.02 Å². The number of hydrogen-bond donors (Lipinski definition) is 0. The van der Waals surface area contributed by atoms with Crippen LogP contribution in [-0.2, 0) is 11.0 Å². The molecule has 0 N–H and O–H groups in total. The molecule has 1 aliphatic rings. The van der Waals surface area contributed by atoms with Gasteiger partial charge in [0.05, 0.1) is 35.4 Å². The third-order valence-corrected chi connectivity index (χ3v) is 5.66. The molecule has 0 spiro atoms. The summed E-state index contributed by atoms with van der Waals surface area (Å²) >= 11 is 11.9. The highest BCUT2D eigenvalue weighted by Gasteiger charge is 2.37. The van der Waals surface area contributed by atoms with Crippen molar-refractivity contribution in [1.82, 2.24) is 0 Å². The van der Waals surface area contributed by atoms with Crippen LogP contribution in [0.1, 0.15) is 11.1 Å². The molecule has 2 aromatic rings. The van der Waals surface area contributed by atoms with Crippen LogP contribution in [0, 0.1) is 0 Å². The minimum atomic E-state index is -4.66. The number of benzene rings is 2. The Balaban J connectivity index is 2.01. The molecule has 1 heterocycles. The van der Waals surface area contributed by atoms with Crippen LogP contribution in [-0.4, -0.2) is 24.4 Å². The molecule has 0 radical (unpaired) electrons. The SMILES string of the molecule is COc1cccc(C=C2SC(=S)N(c3ccc(Cl)c(C(F)(F)F)c3)C2=O)c1OC. The lowest BCUT2D eigenvalue weighted by Crippen LogP contribution is -2.27. The zero-order valence-electron chi connectivity index (χ0n) is 15.0. The van der Waals surface area contributed by atoms with Crippen LogP contribution in [0.15, 0.2) is 41.3 Å². The van der Waals surface area contributed by atoms with E-state index in [9.17, 15) is 18.0 Å². The minimum Gasteiger partial charge on any atom is -0.493 e. The lowest BCUT2D eigenvalue weighted by Gasteiger charge is -2.17. The van der Waals surface area contributed by atoms with Gasteiger partial charge in [-0.05, 0) is 30.3 Å².